The minimum Gasteiger partial charge on any atom is -0.508 e. The van der Waals surface area contributed by atoms with Gasteiger partial charge in [0.25, 0.3) is 5.91 Å². The van der Waals surface area contributed by atoms with Crippen LogP contribution in [0.15, 0.2) is 53.0 Å². The molecule has 2 N–H and O–H groups in total. The molecule has 0 aromatic heterocycles. The molecule has 2 fully saturated rings. The number of carbonyl (C=O) groups is 3. The number of Topliss-reactive ketones (excluding diaryl/α,β-unsaturated/α-hetero) is 1. The van der Waals surface area contributed by atoms with Crippen molar-refractivity contribution in [3.8, 4) is 5.75 Å². The molecule has 2 aromatic carbocycles. The number of carbonyl (C=O) groups excluding carboxylic acids is 3. The molecule has 2 aliphatic rings. The fourth-order valence-corrected chi connectivity index (χ4v) is 4.22. The number of nitrogens with one attached hydrogen (secondary N) is 1. The van der Waals surface area contributed by atoms with E-state index in [0.29, 0.717) is 18.5 Å². The first kappa shape index (κ1) is 20.6. The molecule has 2 saturated heterocycles. The number of halogens is 1. The second kappa shape index (κ2) is 8.57. The standard InChI is InChI=1S/C22H21BrN2O5/c23-15-5-3-14(4-6-15)21(28)24-17(11-13-1-7-16(26)8-2-13)22(29)25-10-9-19-20(25)18(27)12-30-19/h1-8,17,19-20,26H,9-12H2,(H,24,28). The van der Waals surface area contributed by atoms with Gasteiger partial charge < -0.3 is 20.1 Å². The minimum absolute atomic E-state index is 0.0208. The molecule has 2 amide bonds. The Bertz CT molecular complexity index is 960. The van der Waals surface area contributed by atoms with Crippen LogP contribution in [0.4, 0.5) is 0 Å². The van der Waals surface area contributed by atoms with Crippen LogP contribution in [0.5, 0.6) is 5.75 Å². The third-order valence-electron chi connectivity index (χ3n) is 5.48. The summed E-state index contributed by atoms with van der Waals surface area (Å²) in [7, 11) is 0. The molecule has 8 heteroatoms. The summed E-state index contributed by atoms with van der Waals surface area (Å²) >= 11 is 3.34. The lowest BCUT2D eigenvalue weighted by Crippen LogP contribution is -2.53. The molecule has 2 heterocycles. The van der Waals surface area contributed by atoms with E-state index in [-0.39, 0.29) is 42.5 Å². The Labute approximate surface area is 182 Å². The highest BCUT2D eigenvalue weighted by Gasteiger charge is 2.48. The molecule has 3 atom stereocenters. The predicted molar refractivity (Wildman–Crippen MR) is 112 cm³/mol. The average molecular weight is 473 g/mol. The Balaban J connectivity index is 1.57. The molecule has 7 nitrogen and oxygen atoms in total. The highest BCUT2D eigenvalue weighted by atomic mass is 79.9. The molecular weight excluding hydrogens is 452 g/mol. The molecule has 0 spiro atoms. The Morgan fingerprint density at radius 2 is 1.87 bits per heavy atom. The second-order valence-corrected chi connectivity index (χ2v) is 8.40. The van der Waals surface area contributed by atoms with E-state index in [1.165, 1.54) is 17.0 Å². The minimum atomic E-state index is -0.849. The molecule has 0 aliphatic carbocycles. The first-order valence-electron chi connectivity index (χ1n) is 9.71. The molecule has 4 rings (SSSR count). The van der Waals surface area contributed by atoms with E-state index in [0.717, 1.165) is 10.0 Å². The van der Waals surface area contributed by atoms with E-state index in [2.05, 4.69) is 21.2 Å². The van der Waals surface area contributed by atoms with Crippen molar-refractivity contribution in [3.63, 3.8) is 0 Å². The molecular formula is C22H21BrN2O5. The molecule has 0 bridgehead atoms. The lowest BCUT2D eigenvalue weighted by molar-refractivity contribution is -0.138. The van der Waals surface area contributed by atoms with Crippen LogP contribution >= 0.6 is 15.9 Å². The van der Waals surface area contributed by atoms with Gasteiger partial charge in [0, 0.05) is 23.0 Å². The van der Waals surface area contributed by atoms with Crippen molar-refractivity contribution in [2.75, 3.05) is 13.2 Å². The lowest BCUT2D eigenvalue weighted by atomic mass is 10.0. The van der Waals surface area contributed by atoms with E-state index < -0.39 is 12.1 Å². The van der Waals surface area contributed by atoms with E-state index in [4.69, 9.17) is 4.74 Å². The lowest BCUT2D eigenvalue weighted by Gasteiger charge is -2.27. The number of ketones is 1. The quantitative estimate of drug-likeness (QED) is 0.694. The van der Waals surface area contributed by atoms with Crippen LogP contribution < -0.4 is 5.32 Å². The number of likely N-dealkylation sites (tertiary alicyclic amines) is 1. The van der Waals surface area contributed by atoms with Crippen molar-refractivity contribution in [1.29, 1.82) is 0 Å². The third-order valence-corrected chi connectivity index (χ3v) is 6.01. The van der Waals surface area contributed by atoms with Gasteiger partial charge in [-0.3, -0.25) is 14.4 Å². The van der Waals surface area contributed by atoms with E-state index in [9.17, 15) is 19.5 Å². The molecule has 2 aliphatic heterocycles. The number of hydrogen-bond donors (Lipinski definition) is 2. The first-order valence-corrected chi connectivity index (χ1v) is 10.5. The van der Waals surface area contributed by atoms with Crippen molar-refractivity contribution in [3.05, 3.63) is 64.1 Å². The second-order valence-electron chi connectivity index (χ2n) is 7.48. The maximum atomic E-state index is 13.4. The maximum absolute atomic E-state index is 13.4. The highest BCUT2D eigenvalue weighted by molar-refractivity contribution is 9.10. The topological polar surface area (TPSA) is 95.9 Å². The summed E-state index contributed by atoms with van der Waals surface area (Å²) in [5, 5.41) is 12.3. The fraction of sp³-hybridized carbons (Fsp3) is 0.318. The Morgan fingerprint density at radius 1 is 1.17 bits per heavy atom. The summed E-state index contributed by atoms with van der Waals surface area (Å²) in [4.78, 5) is 39.9. The summed E-state index contributed by atoms with van der Waals surface area (Å²) in [6, 6.07) is 11.9. The van der Waals surface area contributed by atoms with Gasteiger partial charge in [0.15, 0.2) is 5.78 Å². The van der Waals surface area contributed by atoms with Crippen LogP contribution in [0.2, 0.25) is 0 Å². The molecule has 30 heavy (non-hydrogen) atoms. The molecule has 3 unspecified atom stereocenters. The highest BCUT2D eigenvalue weighted by Crippen LogP contribution is 2.28. The maximum Gasteiger partial charge on any atom is 0.251 e. The zero-order chi connectivity index (χ0) is 21.3. The van der Waals surface area contributed by atoms with Crippen molar-refractivity contribution >= 4 is 33.5 Å². The molecule has 0 radical (unpaired) electrons. The first-order chi connectivity index (χ1) is 14.4. The number of ether oxygens (including phenoxy) is 1. The summed E-state index contributed by atoms with van der Waals surface area (Å²) in [6.07, 6.45) is 0.580. The molecule has 2 aromatic rings. The van der Waals surface area contributed by atoms with Gasteiger partial charge in [-0.15, -0.1) is 0 Å². The smallest absolute Gasteiger partial charge is 0.251 e. The van der Waals surface area contributed by atoms with Gasteiger partial charge in [0.1, 0.15) is 24.4 Å². The van der Waals surface area contributed by atoms with Gasteiger partial charge in [0.2, 0.25) is 5.91 Å². The number of rotatable bonds is 5. The number of benzene rings is 2. The number of nitrogens with zero attached hydrogens (tertiary/aromatic N) is 1. The predicted octanol–water partition coefficient (Wildman–Crippen LogP) is 2.06. The monoisotopic (exact) mass is 472 g/mol. The summed E-state index contributed by atoms with van der Waals surface area (Å²) < 4.78 is 6.33. The van der Waals surface area contributed by atoms with Gasteiger partial charge in [0.05, 0.1) is 6.10 Å². The SMILES string of the molecule is O=C(NC(Cc1ccc(O)cc1)C(=O)N1CCC2OCC(=O)C21)c1ccc(Br)cc1. The van der Waals surface area contributed by atoms with Gasteiger partial charge >= 0.3 is 0 Å². The fourth-order valence-electron chi connectivity index (χ4n) is 3.95. The zero-order valence-electron chi connectivity index (χ0n) is 16.1. The van der Waals surface area contributed by atoms with E-state index in [1.54, 1.807) is 36.4 Å². The Hall–Kier alpha value is -2.71. The van der Waals surface area contributed by atoms with Crippen LogP contribution in [0.25, 0.3) is 0 Å². The molecule has 0 saturated carbocycles. The van der Waals surface area contributed by atoms with Crippen LogP contribution in [-0.2, 0) is 20.7 Å². The van der Waals surface area contributed by atoms with Crippen LogP contribution in [-0.4, -0.2) is 58.9 Å². The van der Waals surface area contributed by atoms with Gasteiger partial charge in [-0.05, 0) is 48.4 Å². The van der Waals surface area contributed by atoms with Crippen molar-refractivity contribution in [1.82, 2.24) is 10.2 Å². The van der Waals surface area contributed by atoms with Crippen LogP contribution in [0.3, 0.4) is 0 Å². The number of fused-ring (bicyclic) bond motifs is 1. The van der Waals surface area contributed by atoms with Crippen LogP contribution in [0.1, 0.15) is 22.3 Å². The Kier molecular flexibility index (Phi) is 5.87. The van der Waals surface area contributed by atoms with Crippen molar-refractivity contribution in [2.24, 2.45) is 0 Å². The molecule has 156 valence electrons. The van der Waals surface area contributed by atoms with Gasteiger partial charge in [-0.1, -0.05) is 28.1 Å². The zero-order valence-corrected chi connectivity index (χ0v) is 17.7. The average Bonchev–Trinajstić information content (AvgIpc) is 3.32. The number of phenolic OH excluding ortho intramolecular Hbond substituents is 1. The third kappa shape index (κ3) is 4.24. The van der Waals surface area contributed by atoms with Gasteiger partial charge in [-0.2, -0.15) is 0 Å². The number of aromatic hydroxyl groups is 1. The summed E-state index contributed by atoms with van der Waals surface area (Å²) in [6.45, 7) is 0.438. The Morgan fingerprint density at radius 3 is 2.57 bits per heavy atom. The largest absolute Gasteiger partial charge is 0.508 e. The van der Waals surface area contributed by atoms with Gasteiger partial charge in [-0.25, -0.2) is 0 Å². The van der Waals surface area contributed by atoms with E-state index >= 15 is 0 Å². The van der Waals surface area contributed by atoms with Crippen molar-refractivity contribution < 1.29 is 24.2 Å². The summed E-state index contributed by atoms with van der Waals surface area (Å²) in [5.41, 5.74) is 1.22. The van der Waals surface area contributed by atoms with Crippen molar-refractivity contribution in [2.45, 2.75) is 31.0 Å². The number of amides is 2. The number of phenols is 1. The van der Waals surface area contributed by atoms with E-state index in [1.807, 2.05) is 0 Å². The number of hydrogen-bond acceptors (Lipinski definition) is 5. The normalized spacial score (nSPS) is 21.4. The summed E-state index contributed by atoms with van der Waals surface area (Å²) in [5.74, 6) is -0.658. The van der Waals surface area contributed by atoms with Crippen LogP contribution in [0, 0.1) is 0 Å².